The van der Waals surface area contributed by atoms with Crippen molar-refractivity contribution in [3.8, 4) is 5.88 Å². The van der Waals surface area contributed by atoms with Crippen LogP contribution in [0.3, 0.4) is 0 Å². The Morgan fingerprint density at radius 2 is 2.21 bits per heavy atom. The lowest BCUT2D eigenvalue weighted by Gasteiger charge is -2.22. The van der Waals surface area contributed by atoms with Crippen molar-refractivity contribution in [3.63, 3.8) is 0 Å². The van der Waals surface area contributed by atoms with Crippen LogP contribution in [0.5, 0.6) is 5.88 Å². The second-order valence-corrected chi connectivity index (χ2v) is 5.90. The molecule has 3 atom stereocenters. The maximum Gasteiger partial charge on any atom is 0.221 e. The lowest BCUT2D eigenvalue weighted by Crippen LogP contribution is -2.21. The summed E-state index contributed by atoms with van der Waals surface area (Å²) >= 11 is 0. The van der Waals surface area contributed by atoms with Crippen LogP contribution in [0.25, 0.3) is 0 Å². The number of nitrogens with zero attached hydrogens (tertiary/aromatic N) is 2. The zero-order valence-electron chi connectivity index (χ0n) is 11.9. The van der Waals surface area contributed by atoms with Gasteiger partial charge < -0.3 is 10.1 Å². The lowest BCUT2D eigenvalue weighted by molar-refractivity contribution is 0.323. The molecule has 104 valence electrons. The highest BCUT2D eigenvalue weighted by Crippen LogP contribution is 2.48. The van der Waals surface area contributed by atoms with E-state index in [0.29, 0.717) is 12.5 Å². The van der Waals surface area contributed by atoms with Gasteiger partial charge in [0.2, 0.25) is 5.88 Å². The van der Waals surface area contributed by atoms with Crippen molar-refractivity contribution in [2.75, 3.05) is 18.5 Å². The average Bonchev–Trinajstić information content (AvgIpc) is 3.02. The Bertz CT molecular complexity index is 449. The van der Waals surface area contributed by atoms with Crippen molar-refractivity contribution < 1.29 is 4.74 Å². The topological polar surface area (TPSA) is 47.0 Å². The molecule has 19 heavy (non-hydrogen) atoms. The fourth-order valence-electron chi connectivity index (χ4n) is 3.75. The van der Waals surface area contributed by atoms with E-state index < -0.39 is 0 Å². The Kier molecular flexibility index (Phi) is 3.58. The number of aromatic nitrogens is 2. The maximum absolute atomic E-state index is 5.51. The van der Waals surface area contributed by atoms with E-state index in [4.69, 9.17) is 4.74 Å². The van der Waals surface area contributed by atoms with Crippen LogP contribution in [0.15, 0.2) is 6.33 Å². The van der Waals surface area contributed by atoms with Gasteiger partial charge in [0.25, 0.3) is 0 Å². The third kappa shape index (κ3) is 2.53. The van der Waals surface area contributed by atoms with Crippen LogP contribution in [0.1, 0.15) is 38.2 Å². The summed E-state index contributed by atoms with van der Waals surface area (Å²) in [6.45, 7) is 5.69. The van der Waals surface area contributed by atoms with Gasteiger partial charge in [0.15, 0.2) is 0 Å². The van der Waals surface area contributed by atoms with E-state index in [1.165, 1.54) is 25.7 Å². The number of nitrogens with one attached hydrogen (secondary N) is 1. The van der Waals surface area contributed by atoms with Gasteiger partial charge in [-0.25, -0.2) is 9.97 Å². The zero-order chi connectivity index (χ0) is 13.2. The van der Waals surface area contributed by atoms with E-state index in [2.05, 4.69) is 15.3 Å². The molecule has 1 aromatic rings. The SMILES string of the molecule is CCOc1ncnc(NCC2CC3CCC2C3)c1C. The first kappa shape index (κ1) is 12.7. The van der Waals surface area contributed by atoms with Gasteiger partial charge in [-0.1, -0.05) is 6.42 Å². The fraction of sp³-hybridized carbons (Fsp3) is 0.733. The number of ether oxygens (including phenoxy) is 1. The number of anilines is 1. The summed E-state index contributed by atoms with van der Waals surface area (Å²) in [5.41, 5.74) is 1.02. The summed E-state index contributed by atoms with van der Waals surface area (Å²) in [7, 11) is 0. The normalized spacial score (nSPS) is 28.6. The van der Waals surface area contributed by atoms with Gasteiger partial charge in [0.1, 0.15) is 12.1 Å². The monoisotopic (exact) mass is 261 g/mol. The van der Waals surface area contributed by atoms with Gasteiger partial charge in [-0.05, 0) is 50.9 Å². The molecule has 0 spiro atoms. The lowest BCUT2D eigenvalue weighted by atomic mass is 9.89. The molecule has 3 rings (SSSR count). The number of rotatable bonds is 5. The smallest absolute Gasteiger partial charge is 0.221 e. The predicted molar refractivity (Wildman–Crippen MR) is 75.4 cm³/mol. The van der Waals surface area contributed by atoms with Crippen molar-refractivity contribution in [1.29, 1.82) is 0 Å². The molecule has 0 amide bonds. The highest BCUT2D eigenvalue weighted by Gasteiger charge is 2.39. The molecule has 0 aromatic carbocycles. The van der Waals surface area contributed by atoms with Crippen LogP contribution >= 0.6 is 0 Å². The molecule has 1 aromatic heterocycles. The van der Waals surface area contributed by atoms with E-state index in [1.807, 2.05) is 13.8 Å². The van der Waals surface area contributed by atoms with Crippen molar-refractivity contribution in [3.05, 3.63) is 11.9 Å². The molecule has 2 aliphatic carbocycles. The molecule has 2 fully saturated rings. The summed E-state index contributed by atoms with van der Waals surface area (Å²) in [5, 5.41) is 3.51. The summed E-state index contributed by atoms with van der Waals surface area (Å²) in [4.78, 5) is 8.52. The van der Waals surface area contributed by atoms with Crippen molar-refractivity contribution in [2.45, 2.75) is 39.5 Å². The molecule has 4 heteroatoms. The molecule has 1 heterocycles. The average molecular weight is 261 g/mol. The second-order valence-electron chi connectivity index (χ2n) is 5.90. The van der Waals surface area contributed by atoms with Crippen LogP contribution in [0, 0.1) is 24.7 Å². The predicted octanol–water partition coefficient (Wildman–Crippen LogP) is 3.03. The summed E-state index contributed by atoms with van der Waals surface area (Å²) in [6.07, 6.45) is 7.34. The standard InChI is InChI=1S/C15H23N3O/c1-3-19-15-10(2)14(17-9-18-15)16-8-13-7-11-4-5-12(13)6-11/h9,11-13H,3-8H2,1-2H3,(H,16,17,18). The van der Waals surface area contributed by atoms with Gasteiger partial charge in [-0.3, -0.25) is 0 Å². The minimum absolute atomic E-state index is 0.643. The van der Waals surface area contributed by atoms with Gasteiger partial charge in [0.05, 0.1) is 12.2 Å². The van der Waals surface area contributed by atoms with E-state index >= 15 is 0 Å². The maximum atomic E-state index is 5.51. The van der Waals surface area contributed by atoms with Crippen LogP contribution in [-0.2, 0) is 0 Å². The van der Waals surface area contributed by atoms with Crippen molar-refractivity contribution in [2.24, 2.45) is 17.8 Å². The molecule has 4 nitrogen and oxygen atoms in total. The number of fused-ring (bicyclic) bond motifs is 2. The molecule has 3 unspecified atom stereocenters. The van der Waals surface area contributed by atoms with E-state index in [1.54, 1.807) is 6.33 Å². The third-order valence-corrected chi connectivity index (χ3v) is 4.74. The highest BCUT2D eigenvalue weighted by atomic mass is 16.5. The highest BCUT2D eigenvalue weighted by molar-refractivity contribution is 5.47. The first-order valence-electron chi connectivity index (χ1n) is 7.46. The minimum Gasteiger partial charge on any atom is -0.478 e. The largest absolute Gasteiger partial charge is 0.478 e. The van der Waals surface area contributed by atoms with E-state index in [9.17, 15) is 0 Å². The number of hydrogen-bond acceptors (Lipinski definition) is 4. The zero-order valence-corrected chi connectivity index (χ0v) is 11.9. The Morgan fingerprint density at radius 3 is 2.89 bits per heavy atom. The molecule has 2 bridgehead atoms. The van der Waals surface area contributed by atoms with E-state index in [0.717, 1.165) is 35.7 Å². The van der Waals surface area contributed by atoms with Crippen LogP contribution in [-0.4, -0.2) is 23.1 Å². The molecule has 2 aliphatic rings. The van der Waals surface area contributed by atoms with Gasteiger partial charge in [-0.15, -0.1) is 0 Å². The first-order chi connectivity index (χ1) is 9.28. The van der Waals surface area contributed by atoms with Crippen molar-refractivity contribution >= 4 is 5.82 Å². The minimum atomic E-state index is 0.643. The van der Waals surface area contributed by atoms with E-state index in [-0.39, 0.29) is 0 Å². The van der Waals surface area contributed by atoms with Gasteiger partial charge in [-0.2, -0.15) is 0 Å². The Morgan fingerprint density at radius 1 is 1.32 bits per heavy atom. The third-order valence-electron chi connectivity index (χ3n) is 4.74. The molecule has 2 saturated carbocycles. The Hall–Kier alpha value is -1.32. The molecule has 1 N–H and O–H groups in total. The van der Waals surface area contributed by atoms with Crippen LogP contribution in [0.4, 0.5) is 5.82 Å². The quantitative estimate of drug-likeness (QED) is 0.885. The molecule has 0 aliphatic heterocycles. The summed E-state index contributed by atoms with van der Waals surface area (Å²) < 4.78 is 5.51. The fourth-order valence-corrected chi connectivity index (χ4v) is 3.75. The molecular weight excluding hydrogens is 238 g/mol. The molecule has 0 saturated heterocycles. The van der Waals surface area contributed by atoms with Crippen LogP contribution < -0.4 is 10.1 Å². The summed E-state index contributed by atoms with van der Waals surface area (Å²) in [6, 6.07) is 0. The molecule has 0 radical (unpaired) electrons. The Labute approximate surface area is 115 Å². The molecular formula is C15H23N3O. The number of hydrogen-bond donors (Lipinski definition) is 1. The van der Waals surface area contributed by atoms with Crippen molar-refractivity contribution in [1.82, 2.24) is 9.97 Å². The van der Waals surface area contributed by atoms with Crippen LogP contribution in [0.2, 0.25) is 0 Å². The van der Waals surface area contributed by atoms with Gasteiger partial charge >= 0.3 is 0 Å². The Balaban J connectivity index is 1.62. The van der Waals surface area contributed by atoms with Gasteiger partial charge in [0, 0.05) is 6.54 Å². The first-order valence-corrected chi connectivity index (χ1v) is 7.46. The summed E-state index contributed by atoms with van der Waals surface area (Å²) in [5.74, 6) is 4.42. The second kappa shape index (κ2) is 5.35.